The van der Waals surface area contributed by atoms with E-state index in [1.54, 1.807) is 30.3 Å². The fourth-order valence-corrected chi connectivity index (χ4v) is 3.89. The molecular formula is C20H21ClN4O5S. The zero-order valence-electron chi connectivity index (χ0n) is 17.0. The molecule has 0 spiro atoms. The van der Waals surface area contributed by atoms with Crippen molar-refractivity contribution in [2.45, 2.75) is 0 Å². The average Bonchev–Trinajstić information content (AvgIpc) is 2.78. The summed E-state index contributed by atoms with van der Waals surface area (Å²) >= 11 is 11.6. The molecule has 1 fully saturated rings. The number of ether oxygens (including phenoxy) is 2. The summed E-state index contributed by atoms with van der Waals surface area (Å²) in [4.78, 5) is 27.2. The van der Waals surface area contributed by atoms with Gasteiger partial charge in [-0.2, -0.15) is 0 Å². The first kappa shape index (κ1) is 22.6. The number of methoxy groups -OCH3 is 2. The first-order valence-electron chi connectivity index (χ1n) is 9.35. The lowest BCUT2D eigenvalue weighted by Crippen LogP contribution is -2.52. The van der Waals surface area contributed by atoms with Gasteiger partial charge in [-0.25, -0.2) is 0 Å². The normalized spacial score (nSPS) is 13.5. The van der Waals surface area contributed by atoms with E-state index in [0.717, 1.165) is 0 Å². The van der Waals surface area contributed by atoms with Gasteiger partial charge in [-0.3, -0.25) is 20.2 Å². The summed E-state index contributed by atoms with van der Waals surface area (Å²) in [6.45, 7) is 1.90. The van der Waals surface area contributed by atoms with Gasteiger partial charge in [-0.05, 0) is 36.5 Å². The number of rotatable bonds is 5. The number of nitro benzene ring substituents is 1. The summed E-state index contributed by atoms with van der Waals surface area (Å²) in [7, 11) is 3.01. The molecular weight excluding hydrogens is 444 g/mol. The zero-order valence-corrected chi connectivity index (χ0v) is 18.5. The molecule has 2 aromatic carbocycles. The van der Waals surface area contributed by atoms with Crippen LogP contribution in [0.4, 0.5) is 11.4 Å². The maximum Gasteiger partial charge on any atom is 0.294 e. The molecule has 0 aliphatic carbocycles. The molecule has 0 unspecified atom stereocenters. The topological polar surface area (TPSA) is 97.2 Å². The molecule has 1 heterocycles. The molecule has 0 radical (unpaired) electrons. The second-order valence-corrected chi connectivity index (χ2v) is 7.46. The number of carbonyl (C=O) groups is 1. The molecule has 1 amide bonds. The minimum Gasteiger partial charge on any atom is -0.493 e. The van der Waals surface area contributed by atoms with E-state index in [0.29, 0.717) is 54.0 Å². The number of hydrogen-bond acceptors (Lipinski definition) is 7. The number of para-hydroxylation sites is 1. The van der Waals surface area contributed by atoms with Crippen molar-refractivity contribution in [2.75, 3.05) is 45.3 Å². The zero-order chi connectivity index (χ0) is 22.5. The van der Waals surface area contributed by atoms with Gasteiger partial charge >= 0.3 is 0 Å². The molecule has 1 aliphatic rings. The van der Waals surface area contributed by atoms with E-state index in [-0.39, 0.29) is 16.7 Å². The van der Waals surface area contributed by atoms with Crippen molar-refractivity contribution in [3.63, 3.8) is 0 Å². The van der Waals surface area contributed by atoms with Crippen LogP contribution >= 0.6 is 23.8 Å². The highest BCUT2D eigenvalue weighted by Gasteiger charge is 2.27. The van der Waals surface area contributed by atoms with Crippen molar-refractivity contribution in [1.29, 1.82) is 0 Å². The number of carbonyl (C=O) groups excluding carboxylic acids is 1. The molecule has 1 aliphatic heterocycles. The quantitative estimate of drug-likeness (QED) is 0.409. The van der Waals surface area contributed by atoms with E-state index in [4.69, 9.17) is 33.3 Å². The highest BCUT2D eigenvalue weighted by atomic mass is 35.5. The van der Waals surface area contributed by atoms with Crippen LogP contribution in [-0.4, -0.2) is 61.2 Å². The summed E-state index contributed by atoms with van der Waals surface area (Å²) in [6, 6.07) is 9.45. The summed E-state index contributed by atoms with van der Waals surface area (Å²) in [5.74, 6) is 0.595. The van der Waals surface area contributed by atoms with Gasteiger partial charge in [0.2, 0.25) is 0 Å². The Kier molecular flexibility index (Phi) is 7.13. The lowest BCUT2D eigenvalue weighted by molar-refractivity contribution is -0.384. The van der Waals surface area contributed by atoms with Gasteiger partial charge in [0.1, 0.15) is 5.69 Å². The number of benzene rings is 2. The van der Waals surface area contributed by atoms with Gasteiger partial charge in [0.15, 0.2) is 16.6 Å². The highest BCUT2D eigenvalue weighted by molar-refractivity contribution is 7.80. The molecule has 3 rings (SSSR count). The van der Waals surface area contributed by atoms with Crippen molar-refractivity contribution in [1.82, 2.24) is 10.2 Å². The van der Waals surface area contributed by atoms with Crippen LogP contribution in [0.2, 0.25) is 5.02 Å². The standard InChI is InChI=1S/C20H21ClN4O5S/c1-29-16-7-6-13(12-17(16)30-2)19(26)22-20(31)24-10-8-23(9-11-24)18-14(21)4-3-5-15(18)25(27)28/h3-7,12H,8-11H2,1-2H3,(H,22,26,31). The van der Waals surface area contributed by atoms with Crippen LogP contribution in [-0.2, 0) is 0 Å². The lowest BCUT2D eigenvalue weighted by atomic mass is 10.2. The predicted octanol–water partition coefficient (Wildman–Crippen LogP) is 3.10. The molecule has 164 valence electrons. The summed E-state index contributed by atoms with van der Waals surface area (Å²) in [6.07, 6.45) is 0. The molecule has 11 heteroatoms. The van der Waals surface area contributed by atoms with Crippen molar-refractivity contribution in [3.05, 3.63) is 57.1 Å². The van der Waals surface area contributed by atoms with E-state index in [2.05, 4.69) is 5.32 Å². The Morgan fingerprint density at radius 2 is 1.81 bits per heavy atom. The van der Waals surface area contributed by atoms with E-state index in [1.807, 2.05) is 9.80 Å². The molecule has 0 bridgehead atoms. The largest absolute Gasteiger partial charge is 0.493 e. The SMILES string of the molecule is COc1ccc(C(=O)NC(=S)N2CCN(c3c(Cl)cccc3[N+](=O)[O-])CC2)cc1OC. The van der Waals surface area contributed by atoms with Gasteiger partial charge in [-0.15, -0.1) is 0 Å². The van der Waals surface area contributed by atoms with E-state index >= 15 is 0 Å². The number of nitrogens with zero attached hydrogens (tertiary/aromatic N) is 3. The molecule has 1 N–H and O–H groups in total. The average molecular weight is 465 g/mol. The number of amides is 1. The fraction of sp³-hybridized carbons (Fsp3) is 0.300. The smallest absolute Gasteiger partial charge is 0.294 e. The van der Waals surface area contributed by atoms with Crippen molar-refractivity contribution in [3.8, 4) is 11.5 Å². The summed E-state index contributed by atoms with van der Waals surface area (Å²) in [5, 5.41) is 14.7. The number of anilines is 1. The Balaban J connectivity index is 1.64. The minimum atomic E-state index is -0.443. The molecule has 9 nitrogen and oxygen atoms in total. The number of thiocarbonyl (C=S) groups is 1. The third-order valence-corrected chi connectivity index (χ3v) is 5.58. The van der Waals surface area contributed by atoms with E-state index in [9.17, 15) is 14.9 Å². The van der Waals surface area contributed by atoms with Crippen LogP contribution in [0.15, 0.2) is 36.4 Å². The number of nitro groups is 1. The number of nitrogens with one attached hydrogen (secondary N) is 1. The second kappa shape index (κ2) is 9.80. The Bertz CT molecular complexity index is 1010. The van der Waals surface area contributed by atoms with Crippen LogP contribution in [0.25, 0.3) is 0 Å². The second-order valence-electron chi connectivity index (χ2n) is 6.67. The van der Waals surface area contributed by atoms with Crippen LogP contribution in [0, 0.1) is 10.1 Å². The minimum absolute atomic E-state index is 0.0368. The Hall–Kier alpha value is -3.11. The van der Waals surface area contributed by atoms with Gasteiger partial charge < -0.3 is 19.3 Å². The first-order chi connectivity index (χ1) is 14.8. The van der Waals surface area contributed by atoms with Crippen LogP contribution in [0.1, 0.15) is 10.4 Å². The van der Waals surface area contributed by atoms with Crippen molar-refractivity contribution >= 4 is 46.2 Å². The van der Waals surface area contributed by atoms with Gasteiger partial charge in [0, 0.05) is 37.8 Å². The van der Waals surface area contributed by atoms with Gasteiger partial charge in [0.05, 0.1) is 24.2 Å². The fourth-order valence-electron chi connectivity index (χ4n) is 3.32. The lowest BCUT2D eigenvalue weighted by Gasteiger charge is -2.37. The third kappa shape index (κ3) is 4.97. The number of piperazine rings is 1. The summed E-state index contributed by atoms with van der Waals surface area (Å²) in [5.41, 5.74) is 0.740. The van der Waals surface area contributed by atoms with Gasteiger partial charge in [-0.1, -0.05) is 17.7 Å². The van der Waals surface area contributed by atoms with Crippen LogP contribution < -0.4 is 19.7 Å². The van der Waals surface area contributed by atoms with Crippen LogP contribution in [0.3, 0.4) is 0 Å². The molecule has 2 aromatic rings. The molecule has 31 heavy (non-hydrogen) atoms. The molecule has 1 saturated heterocycles. The van der Waals surface area contributed by atoms with Crippen molar-refractivity contribution in [2.24, 2.45) is 0 Å². The number of hydrogen-bond donors (Lipinski definition) is 1. The maximum absolute atomic E-state index is 12.6. The Morgan fingerprint density at radius 1 is 1.13 bits per heavy atom. The molecule has 0 saturated carbocycles. The Morgan fingerprint density at radius 3 is 2.42 bits per heavy atom. The monoisotopic (exact) mass is 464 g/mol. The van der Waals surface area contributed by atoms with E-state index in [1.165, 1.54) is 20.3 Å². The van der Waals surface area contributed by atoms with Gasteiger partial charge in [0.25, 0.3) is 11.6 Å². The predicted molar refractivity (Wildman–Crippen MR) is 122 cm³/mol. The number of halogens is 1. The molecule has 0 atom stereocenters. The van der Waals surface area contributed by atoms with E-state index < -0.39 is 4.92 Å². The van der Waals surface area contributed by atoms with Crippen molar-refractivity contribution < 1.29 is 19.2 Å². The molecule has 0 aromatic heterocycles. The summed E-state index contributed by atoms with van der Waals surface area (Å²) < 4.78 is 10.4. The maximum atomic E-state index is 12.6. The first-order valence-corrected chi connectivity index (χ1v) is 10.1. The van der Waals surface area contributed by atoms with Crippen LogP contribution in [0.5, 0.6) is 11.5 Å². The Labute approximate surface area is 189 Å². The highest BCUT2D eigenvalue weighted by Crippen LogP contribution is 2.35. The third-order valence-electron chi connectivity index (χ3n) is 4.91.